The molecule has 58 heavy (non-hydrogen) atoms. The topological polar surface area (TPSA) is 158 Å². The number of aliphatic imine (C=N–C) groups is 1. The molecule has 3 aliphatic heterocycles. The van der Waals surface area contributed by atoms with Gasteiger partial charge in [-0.1, -0.05) is 66.2 Å². The van der Waals surface area contributed by atoms with Gasteiger partial charge >= 0.3 is 5.97 Å². The van der Waals surface area contributed by atoms with E-state index in [2.05, 4.69) is 5.32 Å². The quantitative estimate of drug-likeness (QED) is 0.382. The Morgan fingerprint density at radius 3 is 2.28 bits per heavy atom. The molecule has 1 aromatic carbocycles. The lowest BCUT2D eigenvalue weighted by Crippen LogP contribution is -2.59. The van der Waals surface area contributed by atoms with E-state index in [-0.39, 0.29) is 42.0 Å². The molecule has 3 aliphatic rings. The third-order valence-electron chi connectivity index (χ3n) is 12.2. The van der Waals surface area contributed by atoms with Crippen molar-refractivity contribution in [1.29, 1.82) is 0 Å². The van der Waals surface area contributed by atoms with Gasteiger partial charge in [0.05, 0.1) is 24.3 Å². The molecule has 1 saturated heterocycles. The van der Waals surface area contributed by atoms with E-state index in [4.69, 9.17) is 14.5 Å². The van der Waals surface area contributed by atoms with E-state index in [1.165, 1.54) is 16.8 Å². The van der Waals surface area contributed by atoms with Crippen molar-refractivity contribution in [1.82, 2.24) is 20.0 Å². The molecular weight excluding hydrogens is 759 g/mol. The van der Waals surface area contributed by atoms with Crippen LogP contribution in [0.2, 0.25) is 0 Å². The van der Waals surface area contributed by atoms with E-state index in [9.17, 15) is 29.1 Å². The molecule has 3 heterocycles. The zero-order valence-corrected chi connectivity index (χ0v) is 37.2. The number of nitrogens with one attached hydrogen (secondary N) is 1. The molecule has 1 fully saturated rings. The molecule has 0 aromatic heterocycles. The zero-order valence-electron chi connectivity index (χ0n) is 36.4. The maximum atomic E-state index is 14.5. The number of amides is 4. The summed E-state index contributed by atoms with van der Waals surface area (Å²) >= 11 is 1.56. The highest BCUT2D eigenvalue weighted by atomic mass is 32.2. The Bertz CT molecular complexity index is 1680. The molecule has 4 rings (SSSR count). The van der Waals surface area contributed by atoms with Gasteiger partial charge in [-0.25, -0.2) is 4.79 Å². The number of hydrogen-bond acceptors (Lipinski definition) is 10. The molecule has 0 radical (unpaired) electrons. The Morgan fingerprint density at radius 2 is 1.66 bits per heavy atom. The van der Waals surface area contributed by atoms with Crippen LogP contribution in [0.4, 0.5) is 0 Å². The fraction of sp³-hybridized carbons (Fsp3) is 0.682. The molecule has 322 valence electrons. The standard InChI is InChI=1S/C44H67N5O8S/c1-12-27(5)38-43(54)49-19-13-14-35(49)44(55)57-37(25(2)3)21-26(4)20-36(50)29(7)40-45-32(24-58-40)22-28(6)39(51)46-34(23-31-15-17-33(56-11)18-16-31)42(53)47(9)30(8)41(52)48(38)10/h15-18,22,25-27,29-30,32,34-38,50H,12-14,19-21,23-24H2,1-11H3,(H,46,51)/b28-22-/t26-,27-,29-,30-,32-,34-,35?,36-,37-,38-/m0/s1. The van der Waals surface area contributed by atoms with Crippen LogP contribution in [-0.4, -0.2) is 130 Å². The first-order chi connectivity index (χ1) is 27.4. The normalized spacial score (nSPS) is 31.8. The molecule has 2 bridgehead atoms. The Hall–Kier alpha value is -3.91. The molecule has 4 amide bonds. The minimum atomic E-state index is -1.03. The van der Waals surface area contributed by atoms with Crippen molar-refractivity contribution < 1.29 is 38.6 Å². The number of cyclic esters (lactones) is 1. The lowest BCUT2D eigenvalue weighted by atomic mass is 9.89. The van der Waals surface area contributed by atoms with Crippen molar-refractivity contribution >= 4 is 46.4 Å². The number of aliphatic hydroxyl groups is 1. The number of methoxy groups -OCH3 is 1. The number of aliphatic hydroxyl groups excluding tert-OH is 1. The molecule has 2 N–H and O–H groups in total. The van der Waals surface area contributed by atoms with E-state index in [1.54, 1.807) is 62.9 Å². The van der Waals surface area contributed by atoms with Crippen molar-refractivity contribution in [2.24, 2.45) is 28.7 Å². The van der Waals surface area contributed by atoms with Gasteiger partial charge in [0, 0.05) is 44.3 Å². The summed E-state index contributed by atoms with van der Waals surface area (Å²) in [5.74, 6) is -1.35. The Morgan fingerprint density at radius 1 is 0.983 bits per heavy atom. The summed E-state index contributed by atoms with van der Waals surface area (Å²) in [7, 11) is 4.67. The maximum Gasteiger partial charge on any atom is 0.329 e. The molecule has 1 aromatic rings. The predicted octanol–water partition coefficient (Wildman–Crippen LogP) is 4.89. The van der Waals surface area contributed by atoms with Crippen LogP contribution in [0, 0.1) is 23.7 Å². The Labute approximate surface area is 349 Å². The zero-order chi connectivity index (χ0) is 43.0. The lowest BCUT2D eigenvalue weighted by Gasteiger charge is -2.38. The second-order valence-electron chi connectivity index (χ2n) is 17.0. The highest BCUT2D eigenvalue weighted by Gasteiger charge is 2.44. The monoisotopic (exact) mass is 825 g/mol. The highest BCUT2D eigenvalue weighted by Crippen LogP contribution is 2.31. The van der Waals surface area contributed by atoms with Gasteiger partial charge in [-0.05, 0) is 75.0 Å². The summed E-state index contributed by atoms with van der Waals surface area (Å²) < 4.78 is 11.5. The average Bonchev–Trinajstić information content (AvgIpc) is 3.89. The average molecular weight is 826 g/mol. The van der Waals surface area contributed by atoms with Gasteiger partial charge in [-0.15, -0.1) is 11.8 Å². The predicted molar refractivity (Wildman–Crippen MR) is 227 cm³/mol. The summed E-state index contributed by atoms with van der Waals surface area (Å²) in [6.07, 6.45) is 3.52. The molecule has 0 saturated carbocycles. The van der Waals surface area contributed by atoms with E-state index in [0.717, 1.165) is 10.6 Å². The van der Waals surface area contributed by atoms with Crippen molar-refractivity contribution in [3.63, 3.8) is 0 Å². The number of nitrogens with zero attached hydrogens (tertiary/aromatic N) is 4. The smallest absolute Gasteiger partial charge is 0.329 e. The molecular formula is C44H67N5O8S. The van der Waals surface area contributed by atoms with E-state index < -0.39 is 60.1 Å². The summed E-state index contributed by atoms with van der Waals surface area (Å²) in [6, 6.07) is 3.22. The molecule has 14 heteroatoms. The van der Waals surface area contributed by atoms with Gasteiger partial charge in [-0.3, -0.25) is 24.2 Å². The molecule has 10 atom stereocenters. The summed E-state index contributed by atoms with van der Waals surface area (Å²) in [5.41, 5.74) is 1.17. The maximum absolute atomic E-state index is 14.5. The first kappa shape index (κ1) is 46.8. The van der Waals surface area contributed by atoms with E-state index in [1.807, 2.05) is 53.7 Å². The number of fused-ring (bicyclic) bond motifs is 2. The number of carbonyl (C=O) groups is 5. The van der Waals surface area contributed by atoms with Crippen molar-refractivity contribution in [3.05, 3.63) is 41.5 Å². The van der Waals surface area contributed by atoms with Crippen LogP contribution in [-0.2, 0) is 35.1 Å². The molecule has 1 unspecified atom stereocenters. The summed E-state index contributed by atoms with van der Waals surface area (Å²) in [6.45, 7) is 15.5. The van der Waals surface area contributed by atoms with Gasteiger partial charge in [0.25, 0.3) is 0 Å². The van der Waals surface area contributed by atoms with Crippen LogP contribution < -0.4 is 10.1 Å². The van der Waals surface area contributed by atoms with Gasteiger partial charge in [0.15, 0.2) is 0 Å². The number of carbonyl (C=O) groups excluding carboxylic acids is 5. The molecule has 0 aliphatic carbocycles. The summed E-state index contributed by atoms with van der Waals surface area (Å²) in [4.78, 5) is 80.1. The van der Waals surface area contributed by atoms with Gasteiger partial charge in [0.2, 0.25) is 23.6 Å². The highest BCUT2D eigenvalue weighted by molar-refractivity contribution is 8.14. The van der Waals surface area contributed by atoms with Gasteiger partial charge in [-0.2, -0.15) is 0 Å². The lowest BCUT2D eigenvalue weighted by molar-refractivity contribution is -0.163. The number of rotatable bonds is 6. The number of thioether (sulfide) groups is 1. The van der Waals surface area contributed by atoms with Gasteiger partial charge < -0.3 is 34.6 Å². The fourth-order valence-corrected chi connectivity index (χ4v) is 9.17. The number of esters is 1. The third-order valence-corrected chi connectivity index (χ3v) is 13.5. The molecule has 0 spiro atoms. The van der Waals surface area contributed by atoms with Crippen LogP contribution in [0.5, 0.6) is 5.75 Å². The second kappa shape index (κ2) is 20.9. The third kappa shape index (κ3) is 11.4. The first-order valence-electron chi connectivity index (χ1n) is 20.9. The van der Waals surface area contributed by atoms with Crippen LogP contribution in [0.3, 0.4) is 0 Å². The number of hydrogen-bond donors (Lipinski definition) is 2. The van der Waals surface area contributed by atoms with Crippen LogP contribution in [0.25, 0.3) is 0 Å². The van der Waals surface area contributed by atoms with Gasteiger partial charge in [0.1, 0.15) is 36.0 Å². The number of ether oxygens (including phenoxy) is 2. The Kier molecular flexibility index (Phi) is 16.8. The fourth-order valence-electron chi connectivity index (χ4n) is 8.03. The van der Waals surface area contributed by atoms with Crippen LogP contribution in [0.15, 0.2) is 40.9 Å². The largest absolute Gasteiger partial charge is 0.497 e. The van der Waals surface area contributed by atoms with E-state index >= 15 is 0 Å². The first-order valence-corrected chi connectivity index (χ1v) is 21.9. The minimum Gasteiger partial charge on any atom is -0.497 e. The Balaban J connectivity index is 1.73. The molecule has 13 nitrogen and oxygen atoms in total. The van der Waals surface area contributed by atoms with Crippen LogP contribution >= 0.6 is 11.8 Å². The number of benzene rings is 1. The van der Waals surface area contributed by atoms with Crippen LogP contribution in [0.1, 0.15) is 93.1 Å². The number of likely N-dealkylation sites (N-methyl/N-ethyl adjacent to an activating group) is 2. The van der Waals surface area contributed by atoms with Crippen molar-refractivity contribution in [3.8, 4) is 5.75 Å². The second-order valence-corrected chi connectivity index (χ2v) is 18.1. The van der Waals surface area contributed by atoms with Crippen molar-refractivity contribution in [2.45, 2.75) is 136 Å². The summed E-state index contributed by atoms with van der Waals surface area (Å²) in [5, 5.41) is 15.1. The minimum absolute atomic E-state index is 0.00511. The van der Waals surface area contributed by atoms with Crippen molar-refractivity contribution in [2.75, 3.05) is 33.5 Å². The van der Waals surface area contributed by atoms with E-state index in [0.29, 0.717) is 55.7 Å². The SMILES string of the molecule is CC[C@H](C)[C@H]1C(=O)N2CCCC2C(=O)O[C@H](C(C)C)C[C@@H](C)C[C@H](O)[C@H](C)C2=N[C@@H](/C=C(/C)C(=O)N[C@@H](Cc3ccc(OC)cc3)C(=O)N(C)[C@@H](C)C(=O)N1C)CS2.